The van der Waals surface area contributed by atoms with Gasteiger partial charge in [0.15, 0.2) is 11.9 Å². The minimum Gasteiger partial charge on any atom is -0.490 e. The number of hydrogen-bond acceptors (Lipinski definition) is 9. The number of nitrogens with one attached hydrogen (secondary N) is 2. The van der Waals surface area contributed by atoms with Gasteiger partial charge in [-0.2, -0.15) is 0 Å². The smallest absolute Gasteiger partial charge is 0.439 e. The molecule has 1 aromatic heterocycles. The fourth-order valence-corrected chi connectivity index (χ4v) is 5.71. The molecular formula is C39H32N4O8. The number of esters is 1. The van der Waals surface area contributed by atoms with Gasteiger partial charge in [-0.15, -0.1) is 0 Å². The summed E-state index contributed by atoms with van der Waals surface area (Å²) in [6.07, 6.45) is -0.830. The average molecular weight is 685 g/mol. The van der Waals surface area contributed by atoms with E-state index in [1.165, 1.54) is 4.90 Å². The molecule has 256 valence electrons. The van der Waals surface area contributed by atoms with Gasteiger partial charge in [0.25, 0.3) is 5.91 Å². The lowest BCUT2D eigenvalue weighted by atomic mass is 10.0. The Morgan fingerprint density at radius 2 is 1.61 bits per heavy atom. The summed E-state index contributed by atoms with van der Waals surface area (Å²) in [6, 6.07) is 35.5. The Morgan fingerprint density at radius 1 is 0.863 bits per heavy atom. The number of hydrogen-bond donors (Lipinski definition) is 2. The Balaban J connectivity index is 0.969. The highest BCUT2D eigenvalue weighted by Gasteiger charge is 2.33. The summed E-state index contributed by atoms with van der Waals surface area (Å²) >= 11 is 0. The molecule has 12 nitrogen and oxygen atoms in total. The molecule has 1 aliphatic rings. The molecule has 0 aliphatic carbocycles. The van der Waals surface area contributed by atoms with Crippen molar-refractivity contribution in [3.8, 4) is 17.1 Å². The van der Waals surface area contributed by atoms with E-state index in [1.807, 2.05) is 72.8 Å². The second-order valence-corrected chi connectivity index (χ2v) is 11.9. The van der Waals surface area contributed by atoms with Crippen LogP contribution in [0.5, 0.6) is 5.75 Å². The van der Waals surface area contributed by atoms with Crippen LogP contribution in [0, 0.1) is 0 Å². The maximum absolute atomic E-state index is 13.3. The van der Waals surface area contributed by atoms with E-state index in [0.29, 0.717) is 22.6 Å². The molecule has 1 aliphatic heterocycles. The molecule has 0 saturated carbocycles. The summed E-state index contributed by atoms with van der Waals surface area (Å²) in [6.45, 7) is 0.477. The molecule has 51 heavy (non-hydrogen) atoms. The van der Waals surface area contributed by atoms with Gasteiger partial charge in [-0.1, -0.05) is 78.0 Å². The lowest BCUT2D eigenvalue weighted by Crippen LogP contribution is -2.43. The third-order valence-electron chi connectivity index (χ3n) is 8.39. The van der Waals surface area contributed by atoms with E-state index in [4.69, 9.17) is 14.2 Å². The van der Waals surface area contributed by atoms with Gasteiger partial charge < -0.3 is 19.5 Å². The largest absolute Gasteiger partial charge is 0.490 e. The van der Waals surface area contributed by atoms with Crippen molar-refractivity contribution >= 4 is 34.4 Å². The van der Waals surface area contributed by atoms with Crippen molar-refractivity contribution in [3.05, 3.63) is 149 Å². The highest BCUT2D eigenvalue weighted by atomic mass is 16.6. The van der Waals surface area contributed by atoms with Gasteiger partial charge in [-0.3, -0.25) is 19.2 Å². The monoisotopic (exact) mass is 684 g/mol. The van der Waals surface area contributed by atoms with Crippen LogP contribution in [0.1, 0.15) is 21.5 Å². The van der Waals surface area contributed by atoms with E-state index in [9.17, 15) is 19.2 Å². The maximum atomic E-state index is 13.3. The number of anilines is 1. The van der Waals surface area contributed by atoms with Crippen LogP contribution in [-0.2, 0) is 27.3 Å². The fraction of sp³-hybridized carbons (Fsp3) is 0.154. The third-order valence-corrected chi connectivity index (χ3v) is 8.39. The highest BCUT2D eigenvalue weighted by molar-refractivity contribution is 6.00. The number of carbonyl (C=O) groups excluding carboxylic acids is 3. The number of cyclic esters (lactones) is 1. The van der Waals surface area contributed by atoms with Crippen LogP contribution in [0.25, 0.3) is 22.2 Å². The molecule has 2 heterocycles. The van der Waals surface area contributed by atoms with Gasteiger partial charge in [0.1, 0.15) is 25.0 Å². The number of aromatic nitrogens is 2. The van der Waals surface area contributed by atoms with Crippen molar-refractivity contribution in [2.75, 3.05) is 18.1 Å². The van der Waals surface area contributed by atoms with Gasteiger partial charge in [-0.25, -0.2) is 14.4 Å². The number of benzene rings is 5. The molecule has 7 rings (SSSR count). The van der Waals surface area contributed by atoms with Crippen molar-refractivity contribution < 1.29 is 33.1 Å². The van der Waals surface area contributed by atoms with Crippen molar-refractivity contribution in [3.63, 3.8) is 0 Å². The van der Waals surface area contributed by atoms with Crippen LogP contribution in [0.4, 0.5) is 10.5 Å². The normalized spacial score (nSPS) is 14.5. The number of ether oxygens (including phenoxy) is 3. The first-order valence-electron chi connectivity index (χ1n) is 16.2. The summed E-state index contributed by atoms with van der Waals surface area (Å²) in [5.41, 5.74) is 3.29. The van der Waals surface area contributed by atoms with Crippen LogP contribution in [0.15, 0.2) is 131 Å². The lowest BCUT2D eigenvalue weighted by Gasteiger charge is -2.19. The molecule has 0 bridgehead atoms. The molecule has 2 unspecified atom stereocenters. The number of aromatic amines is 1. The van der Waals surface area contributed by atoms with Crippen LogP contribution < -0.4 is 20.7 Å². The van der Waals surface area contributed by atoms with Crippen LogP contribution in [0.2, 0.25) is 0 Å². The summed E-state index contributed by atoms with van der Waals surface area (Å²) in [5.74, 6) is -0.757. The van der Waals surface area contributed by atoms with Crippen LogP contribution in [0.3, 0.4) is 0 Å². The maximum Gasteiger partial charge on any atom is 0.439 e. The van der Waals surface area contributed by atoms with Gasteiger partial charge in [-0.05, 0) is 70.4 Å². The standard InChI is InChI=1S/C39H32N4O8/c44-36(30-13-12-27-8-4-5-9-29(27)21-30)40-34(37(45)49-23-26-6-2-1-3-7-26)20-25-10-18-32(19-11-25)48-24-33-22-43(39(47)50-33)31-16-14-28(15-17-31)35-41-38(46)51-42-35/h1-19,21,33-34H,20,22-24H2,(H,40,44)(H,41,42,46). The van der Waals surface area contributed by atoms with E-state index in [2.05, 4.69) is 20.0 Å². The molecular weight excluding hydrogens is 652 g/mol. The number of rotatable bonds is 12. The number of nitrogens with zero attached hydrogens (tertiary/aromatic N) is 2. The second kappa shape index (κ2) is 14.8. The Labute approximate surface area is 291 Å². The van der Waals surface area contributed by atoms with E-state index in [0.717, 1.165) is 21.9 Å². The molecule has 5 aromatic carbocycles. The Kier molecular flexibility index (Phi) is 9.55. The van der Waals surface area contributed by atoms with E-state index >= 15 is 0 Å². The molecule has 0 spiro atoms. The zero-order valence-electron chi connectivity index (χ0n) is 27.2. The summed E-state index contributed by atoms with van der Waals surface area (Å²) in [7, 11) is 0. The van der Waals surface area contributed by atoms with Gasteiger partial charge in [0.05, 0.1) is 6.54 Å². The molecule has 12 heteroatoms. The summed E-state index contributed by atoms with van der Waals surface area (Å²) in [4.78, 5) is 54.5. The Bertz CT molecular complexity index is 2210. The van der Waals surface area contributed by atoms with Crippen LogP contribution in [-0.4, -0.2) is 53.4 Å². The quantitative estimate of drug-likeness (QED) is 0.155. The number of amides is 2. The zero-order chi connectivity index (χ0) is 35.2. The molecule has 1 saturated heterocycles. The fourth-order valence-electron chi connectivity index (χ4n) is 5.71. The predicted octanol–water partition coefficient (Wildman–Crippen LogP) is 5.67. The highest BCUT2D eigenvalue weighted by Crippen LogP contribution is 2.25. The lowest BCUT2D eigenvalue weighted by molar-refractivity contribution is -0.147. The number of fused-ring (bicyclic) bond motifs is 1. The molecule has 2 atom stereocenters. The van der Waals surface area contributed by atoms with Crippen molar-refractivity contribution in [2.24, 2.45) is 0 Å². The van der Waals surface area contributed by atoms with E-state index in [1.54, 1.807) is 48.5 Å². The topological polar surface area (TPSA) is 153 Å². The first-order chi connectivity index (χ1) is 24.9. The third kappa shape index (κ3) is 7.97. The van der Waals surface area contributed by atoms with Gasteiger partial charge in [0, 0.05) is 23.2 Å². The predicted molar refractivity (Wildman–Crippen MR) is 187 cm³/mol. The van der Waals surface area contributed by atoms with E-state index in [-0.39, 0.29) is 37.9 Å². The second-order valence-electron chi connectivity index (χ2n) is 11.9. The molecule has 2 N–H and O–H groups in total. The summed E-state index contributed by atoms with van der Waals surface area (Å²) < 4.78 is 21.6. The van der Waals surface area contributed by atoms with Crippen LogP contribution >= 0.6 is 0 Å². The first kappa shape index (κ1) is 32.8. The Morgan fingerprint density at radius 3 is 2.35 bits per heavy atom. The Hall–Kier alpha value is -6.69. The van der Waals surface area contributed by atoms with Crippen molar-refractivity contribution in [1.29, 1.82) is 0 Å². The first-order valence-corrected chi connectivity index (χ1v) is 16.2. The summed E-state index contributed by atoms with van der Waals surface area (Å²) in [5, 5.41) is 8.47. The van der Waals surface area contributed by atoms with E-state index < -0.39 is 30.0 Å². The minimum atomic E-state index is -0.948. The van der Waals surface area contributed by atoms with Crippen molar-refractivity contribution in [2.45, 2.75) is 25.2 Å². The molecule has 0 radical (unpaired) electrons. The van der Waals surface area contributed by atoms with Crippen molar-refractivity contribution in [1.82, 2.24) is 15.5 Å². The average Bonchev–Trinajstić information content (AvgIpc) is 3.78. The molecule has 1 fully saturated rings. The molecule has 6 aromatic rings. The number of H-pyrrole nitrogens is 1. The minimum absolute atomic E-state index is 0.0775. The van der Waals surface area contributed by atoms with Gasteiger partial charge in [0.2, 0.25) is 0 Å². The number of carbonyl (C=O) groups is 3. The zero-order valence-corrected chi connectivity index (χ0v) is 27.2. The van der Waals surface area contributed by atoms with Gasteiger partial charge >= 0.3 is 17.8 Å². The SMILES string of the molecule is O=C(NC(Cc1ccc(OCC2CN(c3ccc(-c4noc(=O)[nH]4)cc3)C(=O)O2)cc1)C(=O)OCc1ccccc1)c1ccc2ccccc2c1. The molecule has 2 amide bonds.